The zero-order chi connectivity index (χ0) is 17.8. The molecule has 2 heterocycles. The number of thiazole rings is 1. The first-order valence-corrected chi connectivity index (χ1v) is 10.5. The molecule has 0 saturated carbocycles. The quantitative estimate of drug-likeness (QED) is 0.733. The molecule has 1 aromatic carbocycles. The van der Waals surface area contributed by atoms with Gasteiger partial charge in [0, 0.05) is 23.3 Å². The van der Waals surface area contributed by atoms with Gasteiger partial charge in [0.05, 0.1) is 0 Å². The van der Waals surface area contributed by atoms with Crippen LogP contribution in [0.25, 0.3) is 4.96 Å². The molecule has 0 radical (unpaired) electrons. The molecule has 25 heavy (non-hydrogen) atoms. The van der Waals surface area contributed by atoms with Crippen molar-refractivity contribution >= 4 is 43.6 Å². The Hall–Kier alpha value is -1.61. The zero-order valence-electron chi connectivity index (χ0n) is 13.7. The van der Waals surface area contributed by atoms with Gasteiger partial charge in [0.2, 0.25) is 0 Å². The maximum Gasteiger partial charge on any atom is 0.281 e. The smallest absolute Gasteiger partial charge is 0.281 e. The van der Waals surface area contributed by atoms with Crippen LogP contribution in [-0.4, -0.2) is 36.8 Å². The van der Waals surface area contributed by atoms with Gasteiger partial charge < -0.3 is 4.90 Å². The van der Waals surface area contributed by atoms with E-state index in [-0.39, 0.29) is 10.2 Å². The summed E-state index contributed by atoms with van der Waals surface area (Å²) in [4.78, 5) is 6.80. The van der Waals surface area contributed by atoms with E-state index in [1.54, 1.807) is 17.6 Å². The fraction of sp³-hybridized carbons (Fsp3) is 0.312. The highest BCUT2D eigenvalue weighted by Crippen LogP contribution is 2.36. The fourth-order valence-corrected chi connectivity index (χ4v) is 5.87. The van der Waals surface area contributed by atoms with E-state index in [2.05, 4.69) is 14.6 Å². The Morgan fingerprint density at radius 1 is 1.40 bits per heavy atom. The molecule has 132 valence electrons. The number of aromatic nitrogens is 2. The molecule has 1 aliphatic rings. The van der Waals surface area contributed by atoms with E-state index in [1.165, 1.54) is 26.9 Å². The van der Waals surface area contributed by atoms with Gasteiger partial charge in [-0.25, -0.2) is 4.98 Å². The van der Waals surface area contributed by atoms with Crippen molar-refractivity contribution in [2.24, 2.45) is 0 Å². The summed E-state index contributed by atoms with van der Waals surface area (Å²) in [6, 6.07) is 6.02. The molecular weight excluding hydrogens is 380 g/mol. The lowest BCUT2D eigenvalue weighted by atomic mass is 10.1. The maximum atomic E-state index is 12.8. The average Bonchev–Trinajstić information content (AvgIpc) is 3.19. The van der Waals surface area contributed by atoms with Crippen molar-refractivity contribution in [1.82, 2.24) is 14.3 Å². The Morgan fingerprint density at radius 2 is 2.20 bits per heavy atom. The molecule has 0 fully saturated rings. The first-order chi connectivity index (χ1) is 11.9. The number of hydrogen-bond donors (Lipinski definition) is 1. The lowest BCUT2D eigenvalue weighted by Crippen LogP contribution is -2.18. The fourth-order valence-electron chi connectivity index (χ4n) is 3.36. The van der Waals surface area contributed by atoms with Crippen LogP contribution in [0.4, 0.5) is 5.69 Å². The summed E-state index contributed by atoms with van der Waals surface area (Å²) in [5.41, 5.74) is 2.98. The number of hydrogen-bond acceptors (Lipinski definition) is 5. The van der Waals surface area contributed by atoms with Crippen molar-refractivity contribution in [3.8, 4) is 0 Å². The van der Waals surface area contributed by atoms with Gasteiger partial charge in [-0.15, -0.1) is 11.3 Å². The van der Waals surface area contributed by atoms with E-state index in [0.717, 1.165) is 12.8 Å². The second-order valence-corrected chi connectivity index (χ2v) is 9.13. The first-order valence-electron chi connectivity index (χ1n) is 7.80. The molecule has 1 atom stereocenters. The molecule has 1 aliphatic carbocycles. The minimum atomic E-state index is -3.84. The molecule has 3 aromatic rings. The van der Waals surface area contributed by atoms with Crippen LogP contribution in [0.1, 0.15) is 23.6 Å². The predicted molar refractivity (Wildman–Crippen MR) is 100 cm³/mol. The van der Waals surface area contributed by atoms with Crippen molar-refractivity contribution < 1.29 is 8.42 Å². The van der Waals surface area contributed by atoms with E-state index in [1.807, 2.05) is 26.2 Å². The molecule has 0 spiro atoms. The number of nitrogens with zero attached hydrogens (tertiary/aromatic N) is 3. The average molecular weight is 397 g/mol. The number of rotatable bonds is 4. The lowest BCUT2D eigenvalue weighted by Gasteiger charge is -2.20. The minimum Gasteiger partial charge on any atom is -0.302 e. The van der Waals surface area contributed by atoms with Crippen LogP contribution in [0, 0.1) is 0 Å². The predicted octanol–water partition coefficient (Wildman–Crippen LogP) is 3.40. The number of fused-ring (bicyclic) bond motifs is 2. The highest BCUT2D eigenvalue weighted by Gasteiger charge is 2.27. The molecule has 6 nitrogen and oxygen atoms in total. The van der Waals surface area contributed by atoms with Crippen molar-refractivity contribution in [1.29, 1.82) is 0 Å². The summed E-state index contributed by atoms with van der Waals surface area (Å²) < 4.78 is 29.8. The Bertz CT molecular complexity index is 1060. The molecule has 1 N–H and O–H groups in total. The SMILES string of the molecule is CN(C)C1CCc2ccc(NS(=O)(=O)c3c(Cl)nc4sccn34)cc21. The topological polar surface area (TPSA) is 66.7 Å². The van der Waals surface area contributed by atoms with Gasteiger partial charge in [-0.3, -0.25) is 9.12 Å². The Labute approximate surface area is 155 Å². The van der Waals surface area contributed by atoms with E-state index in [4.69, 9.17) is 11.6 Å². The molecule has 0 amide bonds. The molecule has 0 aliphatic heterocycles. The summed E-state index contributed by atoms with van der Waals surface area (Å²) in [7, 11) is 0.235. The first kappa shape index (κ1) is 16.8. The Morgan fingerprint density at radius 3 is 2.96 bits per heavy atom. The van der Waals surface area contributed by atoms with Gasteiger partial charge in [0.1, 0.15) is 0 Å². The highest BCUT2D eigenvalue weighted by atomic mass is 35.5. The lowest BCUT2D eigenvalue weighted by molar-refractivity contribution is 0.299. The van der Waals surface area contributed by atoms with Gasteiger partial charge in [-0.2, -0.15) is 8.42 Å². The van der Waals surface area contributed by atoms with Crippen LogP contribution >= 0.6 is 22.9 Å². The number of nitrogens with one attached hydrogen (secondary N) is 1. The van der Waals surface area contributed by atoms with Gasteiger partial charge >= 0.3 is 0 Å². The molecule has 2 aromatic heterocycles. The summed E-state index contributed by atoms with van der Waals surface area (Å²) in [6.07, 6.45) is 3.70. The van der Waals surface area contributed by atoms with Crippen LogP contribution in [0.3, 0.4) is 0 Å². The van der Waals surface area contributed by atoms with Crippen molar-refractivity contribution in [3.05, 3.63) is 46.1 Å². The van der Waals surface area contributed by atoms with E-state index < -0.39 is 10.0 Å². The zero-order valence-corrected chi connectivity index (χ0v) is 16.1. The largest absolute Gasteiger partial charge is 0.302 e. The van der Waals surface area contributed by atoms with Crippen LogP contribution in [0.2, 0.25) is 5.15 Å². The van der Waals surface area contributed by atoms with Gasteiger partial charge in [-0.05, 0) is 50.2 Å². The van der Waals surface area contributed by atoms with Gasteiger partial charge in [0.15, 0.2) is 15.1 Å². The van der Waals surface area contributed by atoms with Crippen LogP contribution in [0.5, 0.6) is 0 Å². The maximum absolute atomic E-state index is 12.8. The number of sulfonamides is 1. The summed E-state index contributed by atoms with van der Waals surface area (Å²) in [6.45, 7) is 0. The Kier molecular flexibility index (Phi) is 4.03. The third-order valence-electron chi connectivity index (χ3n) is 4.50. The summed E-state index contributed by atoms with van der Waals surface area (Å²) in [5, 5.41) is 1.72. The van der Waals surface area contributed by atoms with E-state index in [9.17, 15) is 8.42 Å². The van der Waals surface area contributed by atoms with E-state index in [0.29, 0.717) is 16.7 Å². The number of halogens is 1. The summed E-state index contributed by atoms with van der Waals surface area (Å²) in [5.74, 6) is 0. The summed E-state index contributed by atoms with van der Waals surface area (Å²) >= 11 is 7.40. The molecule has 4 rings (SSSR count). The minimum absolute atomic E-state index is 0.0216. The van der Waals surface area contributed by atoms with Gasteiger partial charge in [-0.1, -0.05) is 17.7 Å². The number of imidazole rings is 1. The van der Waals surface area contributed by atoms with Gasteiger partial charge in [0.25, 0.3) is 10.0 Å². The molecule has 0 saturated heterocycles. The third-order valence-corrected chi connectivity index (χ3v) is 7.04. The Balaban J connectivity index is 1.72. The molecular formula is C16H17ClN4O2S2. The number of anilines is 1. The second kappa shape index (κ2) is 5.98. The van der Waals surface area contributed by atoms with Crippen LogP contribution < -0.4 is 4.72 Å². The molecule has 9 heteroatoms. The van der Waals surface area contributed by atoms with E-state index >= 15 is 0 Å². The normalized spacial score (nSPS) is 17.4. The molecule has 0 bridgehead atoms. The van der Waals surface area contributed by atoms with Crippen molar-refractivity contribution in [3.63, 3.8) is 0 Å². The monoisotopic (exact) mass is 396 g/mol. The second-order valence-electron chi connectivity index (χ2n) is 6.30. The third kappa shape index (κ3) is 2.83. The standard InChI is InChI=1S/C16H17ClN4O2S2/c1-20(2)13-6-4-10-3-5-11(9-12(10)13)19-25(22,23)15-14(17)18-16-21(15)7-8-24-16/h3,5,7-9,13,19H,4,6H2,1-2H3. The van der Waals surface area contributed by atoms with Crippen LogP contribution in [-0.2, 0) is 16.4 Å². The number of aryl methyl sites for hydroxylation is 1. The van der Waals surface area contributed by atoms with Crippen molar-refractivity contribution in [2.75, 3.05) is 18.8 Å². The number of benzene rings is 1. The highest BCUT2D eigenvalue weighted by molar-refractivity contribution is 7.92. The molecule has 1 unspecified atom stereocenters. The van der Waals surface area contributed by atoms with Crippen LogP contribution in [0.15, 0.2) is 34.8 Å². The van der Waals surface area contributed by atoms with Crippen molar-refractivity contribution in [2.45, 2.75) is 23.9 Å².